The van der Waals surface area contributed by atoms with Crippen molar-refractivity contribution in [2.24, 2.45) is 5.92 Å². The highest BCUT2D eigenvalue weighted by Crippen LogP contribution is 2.27. The molecule has 2 rings (SSSR count). The monoisotopic (exact) mass is 510 g/mol. The number of carbonyl (C=O) groups is 1. The fraction of sp³-hybridized carbons (Fsp3) is 0.227. The summed E-state index contributed by atoms with van der Waals surface area (Å²) in [7, 11) is -4.07. The lowest BCUT2D eigenvalue weighted by molar-refractivity contribution is -0.143. The number of sulfonamides is 1. The highest BCUT2D eigenvalue weighted by atomic mass is 79.9. The third-order valence-corrected chi connectivity index (χ3v) is 6.99. The predicted molar refractivity (Wildman–Crippen MR) is 122 cm³/mol. The van der Waals surface area contributed by atoms with Crippen LogP contribution in [-0.2, 0) is 14.8 Å². The van der Waals surface area contributed by atoms with Gasteiger partial charge in [-0.05, 0) is 42.0 Å². The van der Waals surface area contributed by atoms with Gasteiger partial charge in [-0.25, -0.2) is 12.8 Å². The molecule has 0 aliphatic carbocycles. The van der Waals surface area contributed by atoms with E-state index < -0.39 is 33.8 Å². The average molecular weight is 511 g/mol. The zero-order valence-electron chi connectivity index (χ0n) is 16.7. The molecule has 0 saturated carbocycles. The number of carboxylic acids is 1. The molecule has 2 unspecified atom stereocenters. The van der Waals surface area contributed by atoms with Crippen molar-refractivity contribution in [1.29, 1.82) is 0 Å². The lowest BCUT2D eigenvalue weighted by atomic mass is 9.92. The van der Waals surface area contributed by atoms with Crippen LogP contribution in [0.15, 0.2) is 83.2 Å². The maximum Gasteiger partial charge on any atom is 0.309 e. The Morgan fingerprint density at radius 3 is 2.26 bits per heavy atom. The van der Waals surface area contributed by atoms with Gasteiger partial charge in [0.05, 0.1) is 10.8 Å². The molecule has 0 fully saturated rings. The van der Waals surface area contributed by atoms with E-state index in [1.807, 2.05) is 0 Å². The molecule has 0 heterocycles. The van der Waals surface area contributed by atoms with Crippen LogP contribution in [0, 0.1) is 11.7 Å². The van der Waals surface area contributed by atoms with Crippen molar-refractivity contribution in [2.45, 2.75) is 10.9 Å². The first-order chi connectivity index (χ1) is 14.7. The number of nitrogens with zero attached hydrogens (tertiary/aromatic N) is 1. The fourth-order valence-electron chi connectivity index (χ4n) is 3.09. The van der Waals surface area contributed by atoms with Crippen LogP contribution >= 0.6 is 15.9 Å². The number of halogens is 2. The minimum Gasteiger partial charge on any atom is -0.481 e. The molecule has 0 amide bonds. The number of hydrogen-bond acceptors (Lipinski definition) is 4. The van der Waals surface area contributed by atoms with Gasteiger partial charge in [0, 0.05) is 30.1 Å². The van der Waals surface area contributed by atoms with Crippen molar-refractivity contribution in [3.05, 3.63) is 89.7 Å². The number of rotatable bonds is 12. The number of aliphatic carboxylic acids is 1. The van der Waals surface area contributed by atoms with Crippen molar-refractivity contribution in [3.8, 4) is 0 Å². The van der Waals surface area contributed by atoms with Crippen LogP contribution in [0.25, 0.3) is 0 Å². The summed E-state index contributed by atoms with van der Waals surface area (Å²) in [6.45, 7) is 7.16. The molecular weight excluding hydrogens is 487 g/mol. The van der Waals surface area contributed by atoms with Crippen LogP contribution in [0.1, 0.15) is 11.6 Å². The Balaban J connectivity index is 2.44. The fourth-order valence-corrected chi connectivity index (χ4v) is 4.79. The van der Waals surface area contributed by atoms with Crippen molar-refractivity contribution in [3.63, 3.8) is 0 Å². The Kier molecular flexibility index (Phi) is 9.12. The van der Waals surface area contributed by atoms with Crippen LogP contribution in [0.3, 0.4) is 0 Å². The first-order valence-electron chi connectivity index (χ1n) is 9.40. The highest BCUT2D eigenvalue weighted by molar-refractivity contribution is 9.10. The van der Waals surface area contributed by atoms with Crippen LogP contribution < -0.4 is 5.32 Å². The van der Waals surface area contributed by atoms with Crippen LogP contribution in [0.4, 0.5) is 4.39 Å². The number of benzene rings is 2. The molecule has 9 heteroatoms. The van der Waals surface area contributed by atoms with Crippen molar-refractivity contribution < 1.29 is 22.7 Å². The normalized spacial score (nSPS) is 13.5. The van der Waals surface area contributed by atoms with Gasteiger partial charge in [0.2, 0.25) is 10.0 Å². The molecule has 2 N–H and O–H groups in total. The van der Waals surface area contributed by atoms with E-state index >= 15 is 0 Å². The molecule has 0 saturated heterocycles. The standard InChI is InChI=1S/C22H24BrFN2O4S/c1-3-13-25-21(16-5-7-17(23)8-6-16)20(22(27)28)15-26(14-4-2)31(29,30)19-11-9-18(24)10-12-19/h3-12,20-21,25H,1-2,13-15H2,(H,27,28). The second-order valence-corrected chi connectivity index (χ2v) is 9.59. The lowest BCUT2D eigenvalue weighted by Gasteiger charge is -2.30. The Bertz CT molecular complexity index is 1010. The van der Waals surface area contributed by atoms with Crippen LogP contribution in [0.2, 0.25) is 0 Å². The summed E-state index contributed by atoms with van der Waals surface area (Å²) in [5.74, 6) is -2.84. The zero-order valence-corrected chi connectivity index (χ0v) is 19.1. The molecule has 0 aliphatic heterocycles. The highest BCUT2D eigenvalue weighted by Gasteiger charge is 2.35. The van der Waals surface area contributed by atoms with E-state index in [1.165, 1.54) is 6.08 Å². The van der Waals surface area contributed by atoms with Crippen molar-refractivity contribution in [2.75, 3.05) is 19.6 Å². The number of hydrogen-bond donors (Lipinski definition) is 2. The quantitative estimate of drug-likeness (QED) is 0.421. The second kappa shape index (κ2) is 11.3. The SMILES string of the molecule is C=CCNC(c1ccc(Br)cc1)C(CN(CC=C)S(=O)(=O)c1ccc(F)cc1)C(=O)O. The topological polar surface area (TPSA) is 86.7 Å². The first-order valence-corrected chi connectivity index (χ1v) is 11.6. The molecule has 0 radical (unpaired) electrons. The Labute approximate surface area is 190 Å². The molecule has 166 valence electrons. The maximum atomic E-state index is 13.3. The number of carboxylic acid groups (broad SMARTS) is 1. The van der Waals surface area contributed by atoms with E-state index in [0.717, 1.165) is 33.0 Å². The molecule has 31 heavy (non-hydrogen) atoms. The maximum absolute atomic E-state index is 13.3. The van der Waals surface area contributed by atoms with E-state index in [4.69, 9.17) is 0 Å². The molecule has 0 aliphatic rings. The van der Waals surface area contributed by atoms with Crippen molar-refractivity contribution >= 4 is 31.9 Å². The second-order valence-electron chi connectivity index (χ2n) is 6.74. The zero-order chi connectivity index (χ0) is 23.0. The van der Waals surface area contributed by atoms with E-state index in [2.05, 4.69) is 34.4 Å². The Morgan fingerprint density at radius 2 is 1.74 bits per heavy atom. The largest absolute Gasteiger partial charge is 0.481 e. The smallest absolute Gasteiger partial charge is 0.309 e. The van der Waals surface area contributed by atoms with E-state index in [-0.39, 0.29) is 18.0 Å². The number of nitrogens with one attached hydrogen (secondary N) is 1. The molecule has 0 bridgehead atoms. The summed E-state index contributed by atoms with van der Waals surface area (Å²) in [4.78, 5) is 12.1. The summed E-state index contributed by atoms with van der Waals surface area (Å²) < 4.78 is 41.4. The summed E-state index contributed by atoms with van der Waals surface area (Å²) in [6.07, 6.45) is 2.98. The van der Waals surface area contributed by atoms with Crippen LogP contribution in [0.5, 0.6) is 0 Å². The Hall–Kier alpha value is -2.33. The molecule has 2 atom stereocenters. The summed E-state index contributed by atoms with van der Waals surface area (Å²) in [5.41, 5.74) is 0.690. The molecule has 0 spiro atoms. The minimum atomic E-state index is -4.07. The van der Waals surface area contributed by atoms with E-state index in [1.54, 1.807) is 30.3 Å². The van der Waals surface area contributed by atoms with E-state index in [0.29, 0.717) is 12.1 Å². The van der Waals surface area contributed by atoms with Gasteiger partial charge in [0.1, 0.15) is 5.82 Å². The van der Waals surface area contributed by atoms with Gasteiger partial charge in [-0.3, -0.25) is 4.79 Å². The molecule has 2 aromatic rings. The van der Waals surface area contributed by atoms with E-state index in [9.17, 15) is 22.7 Å². The van der Waals surface area contributed by atoms with Gasteiger partial charge in [0.25, 0.3) is 0 Å². The predicted octanol–water partition coefficient (Wildman–Crippen LogP) is 3.98. The first kappa shape index (κ1) is 24.9. The summed E-state index contributed by atoms with van der Waals surface area (Å²) in [5, 5.41) is 13.1. The molecule has 0 aromatic heterocycles. The third kappa shape index (κ3) is 6.57. The average Bonchev–Trinajstić information content (AvgIpc) is 2.73. The third-order valence-electron chi connectivity index (χ3n) is 4.62. The minimum absolute atomic E-state index is 0.0992. The van der Waals surface area contributed by atoms with Gasteiger partial charge in [-0.15, -0.1) is 13.2 Å². The van der Waals surface area contributed by atoms with Gasteiger partial charge >= 0.3 is 5.97 Å². The Morgan fingerprint density at radius 1 is 1.13 bits per heavy atom. The molecular formula is C22H24BrFN2O4S. The van der Waals surface area contributed by atoms with Gasteiger partial charge in [-0.1, -0.05) is 40.2 Å². The van der Waals surface area contributed by atoms with Gasteiger partial charge in [-0.2, -0.15) is 4.31 Å². The molecule has 2 aromatic carbocycles. The van der Waals surface area contributed by atoms with Gasteiger partial charge < -0.3 is 10.4 Å². The summed E-state index contributed by atoms with van der Waals surface area (Å²) >= 11 is 3.35. The lowest BCUT2D eigenvalue weighted by Crippen LogP contribution is -2.43. The summed E-state index contributed by atoms with van der Waals surface area (Å²) in [6, 6.07) is 10.8. The van der Waals surface area contributed by atoms with Crippen LogP contribution in [-0.4, -0.2) is 43.4 Å². The van der Waals surface area contributed by atoms with Crippen molar-refractivity contribution in [1.82, 2.24) is 9.62 Å². The van der Waals surface area contributed by atoms with Gasteiger partial charge in [0.15, 0.2) is 0 Å². The molecule has 6 nitrogen and oxygen atoms in total.